The van der Waals surface area contributed by atoms with Crippen LogP contribution in [0.3, 0.4) is 0 Å². The van der Waals surface area contributed by atoms with Gasteiger partial charge in [0.15, 0.2) is 0 Å². The van der Waals surface area contributed by atoms with Crippen molar-refractivity contribution in [3.63, 3.8) is 0 Å². The third-order valence-corrected chi connectivity index (χ3v) is 6.76. The third kappa shape index (κ3) is 3.53. The monoisotopic (exact) mass is 434 g/mol. The van der Waals surface area contributed by atoms with Gasteiger partial charge in [-0.25, -0.2) is 8.42 Å². The molecule has 2 aliphatic heterocycles. The van der Waals surface area contributed by atoms with Crippen LogP contribution in [0.2, 0.25) is 0 Å². The second-order valence-electron chi connectivity index (χ2n) is 5.64. The average Bonchev–Trinajstić information content (AvgIpc) is 2.98. The largest absolute Gasteiger partial charge is 0.417 e. The molecule has 2 saturated heterocycles. The van der Waals surface area contributed by atoms with Gasteiger partial charge in [0.05, 0.1) is 10.5 Å². The van der Waals surface area contributed by atoms with E-state index in [0.29, 0.717) is 19.2 Å². The van der Waals surface area contributed by atoms with Crippen LogP contribution in [0.15, 0.2) is 27.6 Å². The van der Waals surface area contributed by atoms with Gasteiger partial charge in [0.2, 0.25) is 10.0 Å². The minimum Gasteiger partial charge on any atom is -0.316 e. The van der Waals surface area contributed by atoms with Gasteiger partial charge >= 0.3 is 6.18 Å². The van der Waals surface area contributed by atoms with Gasteiger partial charge in [0, 0.05) is 17.6 Å². The summed E-state index contributed by atoms with van der Waals surface area (Å²) in [5.41, 5.74) is -0.977. The predicted molar refractivity (Wildman–Crippen MR) is 85.0 cm³/mol. The number of alkyl halides is 3. The number of halogens is 5. The summed E-state index contributed by atoms with van der Waals surface area (Å²) in [4.78, 5) is -0.309. The highest BCUT2D eigenvalue weighted by molar-refractivity contribution is 9.10. The molecule has 2 atom stereocenters. The van der Waals surface area contributed by atoms with Crippen LogP contribution in [0.4, 0.5) is 13.2 Å². The van der Waals surface area contributed by atoms with E-state index in [9.17, 15) is 21.6 Å². The molecule has 0 aliphatic carbocycles. The van der Waals surface area contributed by atoms with Crippen LogP contribution in [-0.2, 0) is 16.2 Å². The molecule has 2 aliphatic rings. The molecule has 0 aromatic heterocycles. The van der Waals surface area contributed by atoms with Crippen molar-refractivity contribution in [1.82, 2.24) is 9.62 Å². The highest BCUT2D eigenvalue weighted by Crippen LogP contribution is 2.37. The minimum absolute atomic E-state index is 0. The van der Waals surface area contributed by atoms with Crippen LogP contribution in [0, 0.1) is 11.8 Å². The number of hydrogen-bond donors (Lipinski definition) is 1. The maximum absolute atomic E-state index is 12.9. The van der Waals surface area contributed by atoms with E-state index in [4.69, 9.17) is 0 Å². The van der Waals surface area contributed by atoms with Crippen LogP contribution < -0.4 is 5.32 Å². The zero-order chi connectivity index (χ0) is 16.1. The first-order valence-corrected chi connectivity index (χ1v) is 9.00. The highest BCUT2D eigenvalue weighted by atomic mass is 79.9. The number of hydrogen-bond acceptors (Lipinski definition) is 3. The smallest absolute Gasteiger partial charge is 0.316 e. The molecular formula is C13H15BrClF3N2O2S. The lowest BCUT2D eigenvalue weighted by Crippen LogP contribution is -2.32. The van der Waals surface area contributed by atoms with Crippen molar-refractivity contribution in [1.29, 1.82) is 0 Å². The molecule has 3 rings (SSSR count). The molecule has 0 saturated carbocycles. The summed E-state index contributed by atoms with van der Waals surface area (Å²) in [5, 5.41) is 3.20. The van der Waals surface area contributed by atoms with Gasteiger partial charge in [-0.1, -0.05) is 15.9 Å². The van der Waals surface area contributed by atoms with E-state index in [2.05, 4.69) is 21.2 Å². The van der Waals surface area contributed by atoms with E-state index in [1.807, 2.05) is 0 Å². The molecule has 0 bridgehead atoms. The third-order valence-electron chi connectivity index (χ3n) is 4.24. The van der Waals surface area contributed by atoms with E-state index in [-0.39, 0.29) is 33.6 Å². The fourth-order valence-corrected chi connectivity index (χ4v) is 5.09. The lowest BCUT2D eigenvalue weighted by atomic mass is 10.0. The van der Waals surface area contributed by atoms with E-state index in [1.54, 1.807) is 0 Å². The molecule has 2 heterocycles. The van der Waals surface area contributed by atoms with Crippen LogP contribution in [0.25, 0.3) is 0 Å². The van der Waals surface area contributed by atoms with E-state index < -0.39 is 21.8 Å². The van der Waals surface area contributed by atoms with Gasteiger partial charge < -0.3 is 5.32 Å². The van der Waals surface area contributed by atoms with Crippen molar-refractivity contribution in [2.75, 3.05) is 26.2 Å². The summed E-state index contributed by atoms with van der Waals surface area (Å²) >= 11 is 2.82. The van der Waals surface area contributed by atoms with Gasteiger partial charge in [-0.05, 0) is 43.1 Å². The topological polar surface area (TPSA) is 49.4 Å². The molecule has 0 radical (unpaired) electrons. The van der Waals surface area contributed by atoms with Crippen LogP contribution in [-0.4, -0.2) is 38.9 Å². The van der Waals surface area contributed by atoms with E-state index in [0.717, 1.165) is 19.2 Å². The zero-order valence-corrected chi connectivity index (χ0v) is 15.0. The van der Waals surface area contributed by atoms with Crippen LogP contribution in [0.5, 0.6) is 0 Å². The molecule has 130 valence electrons. The Morgan fingerprint density at radius 1 is 1.17 bits per heavy atom. The quantitative estimate of drug-likeness (QED) is 0.777. The van der Waals surface area contributed by atoms with Crippen molar-refractivity contribution in [2.24, 2.45) is 11.8 Å². The van der Waals surface area contributed by atoms with E-state index >= 15 is 0 Å². The van der Waals surface area contributed by atoms with Gasteiger partial charge in [-0.3, -0.25) is 0 Å². The molecule has 0 amide bonds. The molecular weight excluding hydrogens is 421 g/mol. The number of sulfonamides is 1. The van der Waals surface area contributed by atoms with Gasteiger partial charge in [-0.15, -0.1) is 12.4 Å². The molecule has 1 aromatic carbocycles. The second kappa shape index (κ2) is 6.51. The molecule has 0 unspecified atom stereocenters. The second-order valence-corrected chi connectivity index (χ2v) is 8.43. The lowest BCUT2D eigenvalue weighted by molar-refractivity contribution is -0.138. The predicted octanol–water partition coefficient (Wildman–Crippen LogP) is 2.73. The summed E-state index contributed by atoms with van der Waals surface area (Å²) in [7, 11) is -3.90. The number of benzene rings is 1. The number of nitrogens with zero attached hydrogens (tertiary/aromatic N) is 1. The van der Waals surface area contributed by atoms with Gasteiger partial charge in [-0.2, -0.15) is 17.5 Å². The van der Waals surface area contributed by atoms with Crippen LogP contribution >= 0.6 is 28.3 Å². The highest BCUT2D eigenvalue weighted by Gasteiger charge is 2.42. The Kier molecular flexibility index (Phi) is 5.37. The first-order chi connectivity index (χ1) is 10.2. The van der Waals surface area contributed by atoms with Crippen molar-refractivity contribution in [3.8, 4) is 0 Å². The minimum atomic E-state index is -4.60. The van der Waals surface area contributed by atoms with Crippen molar-refractivity contribution < 1.29 is 21.6 Å². The Hall–Kier alpha value is -0.350. The normalized spacial score (nSPS) is 25.2. The Bertz CT molecular complexity index is 687. The van der Waals surface area contributed by atoms with Crippen molar-refractivity contribution in [2.45, 2.75) is 11.1 Å². The Balaban J connectivity index is 0.00000192. The molecule has 2 fully saturated rings. The average molecular weight is 436 g/mol. The molecule has 4 nitrogen and oxygen atoms in total. The van der Waals surface area contributed by atoms with Crippen molar-refractivity contribution >= 4 is 38.4 Å². The van der Waals surface area contributed by atoms with Crippen molar-refractivity contribution in [3.05, 3.63) is 28.2 Å². The Morgan fingerprint density at radius 2 is 1.74 bits per heavy atom. The van der Waals surface area contributed by atoms with Crippen LogP contribution in [0.1, 0.15) is 5.56 Å². The van der Waals surface area contributed by atoms with Gasteiger partial charge in [0.25, 0.3) is 0 Å². The fourth-order valence-electron chi connectivity index (χ4n) is 3.04. The first kappa shape index (κ1) is 19.0. The number of nitrogens with one attached hydrogen (secondary N) is 1. The molecule has 23 heavy (non-hydrogen) atoms. The summed E-state index contributed by atoms with van der Waals surface area (Å²) in [6.07, 6.45) is -4.60. The SMILES string of the molecule is Cl.O=S(=O)(c1ccc(Br)c(C(F)(F)F)c1)N1C[C@H]2CNC[C@H]2C1. The summed E-state index contributed by atoms with van der Waals surface area (Å²) < 4.78 is 65.1. The standard InChI is InChI=1S/C13H14BrF3N2O2S.ClH/c14-12-2-1-10(3-11(12)13(15,16)17)22(20,21)19-6-8-4-18-5-9(8)7-19;/h1-3,8-9,18H,4-7H2;1H/t8-,9+;. The molecule has 1 aromatic rings. The Morgan fingerprint density at radius 3 is 2.26 bits per heavy atom. The Labute approximate surface area is 147 Å². The summed E-state index contributed by atoms with van der Waals surface area (Å²) in [6.45, 7) is 2.23. The summed E-state index contributed by atoms with van der Waals surface area (Å²) in [5.74, 6) is 0.486. The molecule has 0 spiro atoms. The van der Waals surface area contributed by atoms with Gasteiger partial charge in [0.1, 0.15) is 0 Å². The fraction of sp³-hybridized carbons (Fsp3) is 0.538. The molecule has 1 N–H and O–H groups in total. The number of fused-ring (bicyclic) bond motifs is 1. The van der Waals surface area contributed by atoms with E-state index in [1.165, 1.54) is 10.4 Å². The lowest BCUT2D eigenvalue weighted by Gasteiger charge is -2.19. The summed E-state index contributed by atoms with van der Waals surface area (Å²) in [6, 6.07) is 3.04. The maximum atomic E-state index is 12.9. The maximum Gasteiger partial charge on any atom is 0.417 e. The zero-order valence-electron chi connectivity index (χ0n) is 11.8. The first-order valence-electron chi connectivity index (χ1n) is 6.77. The number of rotatable bonds is 2. The molecule has 10 heteroatoms.